The van der Waals surface area contributed by atoms with E-state index in [1.165, 1.54) is 16.0 Å². The molecule has 1 aliphatic heterocycles. The minimum absolute atomic E-state index is 0.386. The molecule has 1 aromatic carbocycles. The van der Waals surface area contributed by atoms with E-state index in [1.807, 2.05) is 18.2 Å². The van der Waals surface area contributed by atoms with Gasteiger partial charge in [-0.15, -0.1) is 0 Å². The first-order chi connectivity index (χ1) is 8.49. The Morgan fingerprint density at radius 3 is 2.67 bits per heavy atom. The number of carboxylic acid groups (broad SMARTS) is 1. The van der Waals surface area contributed by atoms with Crippen molar-refractivity contribution in [1.82, 2.24) is 4.90 Å². The van der Waals surface area contributed by atoms with Crippen LogP contribution in [-0.2, 0) is 0 Å². The molecule has 1 N–H and O–H groups in total. The Morgan fingerprint density at radius 1 is 1.33 bits per heavy atom. The Hall–Kier alpha value is -1.77. The summed E-state index contributed by atoms with van der Waals surface area (Å²) in [5, 5.41) is 9.30. The first-order valence-electron chi connectivity index (χ1n) is 6.27. The van der Waals surface area contributed by atoms with Gasteiger partial charge >= 0.3 is 6.09 Å². The lowest BCUT2D eigenvalue weighted by atomic mass is 9.97. The molecule has 1 unspecified atom stereocenters. The summed E-state index contributed by atoms with van der Waals surface area (Å²) in [4.78, 5) is 12.8. The van der Waals surface area contributed by atoms with Gasteiger partial charge in [0.1, 0.15) is 0 Å². The van der Waals surface area contributed by atoms with Crippen LogP contribution in [0.4, 0.5) is 4.79 Å². The second kappa shape index (κ2) is 4.84. The zero-order chi connectivity index (χ0) is 13.3. The van der Waals surface area contributed by atoms with Crippen molar-refractivity contribution < 1.29 is 9.90 Å². The molecule has 0 saturated heterocycles. The highest BCUT2D eigenvalue weighted by Gasteiger charge is 2.24. The maximum Gasteiger partial charge on any atom is 0.411 e. The van der Waals surface area contributed by atoms with Crippen LogP contribution in [0.5, 0.6) is 0 Å². The van der Waals surface area contributed by atoms with E-state index in [-0.39, 0.29) is 0 Å². The minimum atomic E-state index is -0.869. The minimum Gasteiger partial charge on any atom is -0.465 e. The summed E-state index contributed by atoms with van der Waals surface area (Å²) in [6.07, 6.45) is 2.10. The fourth-order valence-corrected chi connectivity index (χ4v) is 2.26. The first kappa shape index (κ1) is 12.7. The average Bonchev–Trinajstić information content (AvgIpc) is 2.32. The molecule has 1 amide bonds. The molecule has 0 bridgehead atoms. The van der Waals surface area contributed by atoms with Gasteiger partial charge in [0.25, 0.3) is 0 Å². The van der Waals surface area contributed by atoms with Gasteiger partial charge in [0, 0.05) is 6.54 Å². The molecular weight excluding hydrogens is 226 g/mol. The molecular formula is C15H19NO2. The van der Waals surface area contributed by atoms with Crippen molar-refractivity contribution in [3.63, 3.8) is 0 Å². The summed E-state index contributed by atoms with van der Waals surface area (Å²) in [6.45, 7) is 6.76. The molecule has 96 valence electrons. The molecule has 3 heteroatoms. The average molecular weight is 245 g/mol. The topological polar surface area (TPSA) is 40.5 Å². The molecule has 18 heavy (non-hydrogen) atoms. The number of hydrogen-bond acceptors (Lipinski definition) is 1. The maximum atomic E-state index is 11.3. The van der Waals surface area contributed by atoms with Crippen LogP contribution in [0.25, 0.3) is 5.70 Å². The number of allylic oxidation sites excluding steroid dienone is 1. The molecule has 1 atom stereocenters. The lowest BCUT2D eigenvalue weighted by molar-refractivity contribution is 0.159. The van der Waals surface area contributed by atoms with Gasteiger partial charge in [-0.25, -0.2) is 4.79 Å². The lowest BCUT2D eigenvalue weighted by Crippen LogP contribution is -2.34. The van der Waals surface area contributed by atoms with E-state index < -0.39 is 6.09 Å². The molecule has 0 aromatic heterocycles. The normalized spacial score (nSPS) is 19.6. The summed E-state index contributed by atoms with van der Waals surface area (Å²) in [5.41, 5.74) is 4.24. The predicted molar refractivity (Wildman–Crippen MR) is 72.4 cm³/mol. The summed E-state index contributed by atoms with van der Waals surface area (Å²) < 4.78 is 0. The molecule has 1 aromatic rings. The Labute approximate surface area is 108 Å². The van der Waals surface area contributed by atoms with Gasteiger partial charge < -0.3 is 5.11 Å². The van der Waals surface area contributed by atoms with E-state index in [2.05, 4.69) is 26.8 Å². The van der Waals surface area contributed by atoms with Crippen molar-refractivity contribution in [2.45, 2.75) is 27.2 Å². The lowest BCUT2D eigenvalue weighted by Gasteiger charge is -2.30. The highest BCUT2D eigenvalue weighted by Crippen LogP contribution is 2.28. The molecule has 0 saturated carbocycles. The van der Waals surface area contributed by atoms with Crippen LogP contribution in [0.3, 0.4) is 0 Å². The molecule has 3 nitrogen and oxygen atoms in total. The number of aryl methyl sites for hydroxylation is 2. The van der Waals surface area contributed by atoms with Crippen LogP contribution in [0, 0.1) is 19.8 Å². The number of nitrogens with zero attached hydrogens (tertiary/aromatic N) is 1. The van der Waals surface area contributed by atoms with E-state index >= 15 is 0 Å². The Balaban J connectivity index is 2.40. The molecule has 0 aliphatic carbocycles. The van der Waals surface area contributed by atoms with E-state index in [0.717, 1.165) is 17.7 Å². The molecule has 1 aliphatic rings. The van der Waals surface area contributed by atoms with Crippen LogP contribution in [-0.4, -0.2) is 22.6 Å². The molecule has 0 fully saturated rings. The fourth-order valence-electron chi connectivity index (χ4n) is 2.26. The maximum absolute atomic E-state index is 11.3. The standard InChI is InChI=1S/C15H19NO2/c1-10-4-7-14(16(9-10)15(17)18)13-6-5-11(2)12(3)8-13/h5-8,10H,4,9H2,1-3H3,(H,17,18). The summed E-state index contributed by atoms with van der Waals surface area (Å²) in [7, 11) is 0. The number of benzene rings is 1. The predicted octanol–water partition coefficient (Wildman–Crippen LogP) is 3.66. The van der Waals surface area contributed by atoms with Crippen LogP contribution in [0.2, 0.25) is 0 Å². The monoisotopic (exact) mass is 245 g/mol. The summed E-state index contributed by atoms with van der Waals surface area (Å²) in [6, 6.07) is 6.11. The van der Waals surface area contributed by atoms with Gasteiger partial charge in [-0.2, -0.15) is 0 Å². The van der Waals surface area contributed by atoms with Crippen molar-refractivity contribution in [3.05, 3.63) is 41.0 Å². The van der Waals surface area contributed by atoms with Crippen LogP contribution in [0.1, 0.15) is 30.0 Å². The summed E-state index contributed by atoms with van der Waals surface area (Å²) >= 11 is 0. The van der Waals surface area contributed by atoms with Crippen molar-refractivity contribution in [2.75, 3.05) is 6.54 Å². The van der Waals surface area contributed by atoms with E-state index in [1.54, 1.807) is 0 Å². The Kier molecular flexibility index (Phi) is 3.41. The van der Waals surface area contributed by atoms with Crippen LogP contribution in [0.15, 0.2) is 24.3 Å². The zero-order valence-corrected chi connectivity index (χ0v) is 11.1. The number of rotatable bonds is 1. The largest absolute Gasteiger partial charge is 0.465 e. The van der Waals surface area contributed by atoms with Gasteiger partial charge in [0.15, 0.2) is 0 Å². The fraction of sp³-hybridized carbons (Fsp3) is 0.400. The number of hydrogen-bond donors (Lipinski definition) is 1. The molecule has 0 radical (unpaired) electrons. The number of amides is 1. The van der Waals surface area contributed by atoms with E-state index in [9.17, 15) is 9.90 Å². The van der Waals surface area contributed by atoms with Crippen molar-refractivity contribution >= 4 is 11.8 Å². The van der Waals surface area contributed by atoms with Crippen LogP contribution >= 0.6 is 0 Å². The van der Waals surface area contributed by atoms with Crippen LogP contribution < -0.4 is 0 Å². The molecule has 0 spiro atoms. The van der Waals surface area contributed by atoms with Gasteiger partial charge in [-0.1, -0.05) is 25.1 Å². The molecule has 1 heterocycles. The zero-order valence-electron chi connectivity index (χ0n) is 11.1. The van der Waals surface area contributed by atoms with Crippen molar-refractivity contribution in [3.8, 4) is 0 Å². The van der Waals surface area contributed by atoms with Gasteiger partial charge in [-0.3, -0.25) is 4.90 Å². The summed E-state index contributed by atoms with van der Waals surface area (Å²) in [5.74, 6) is 0.386. The third-order valence-corrected chi connectivity index (χ3v) is 3.53. The third-order valence-electron chi connectivity index (χ3n) is 3.53. The quantitative estimate of drug-likeness (QED) is 0.820. The second-order valence-corrected chi connectivity index (χ2v) is 5.12. The second-order valence-electron chi connectivity index (χ2n) is 5.12. The third kappa shape index (κ3) is 2.40. The van der Waals surface area contributed by atoms with Crippen molar-refractivity contribution in [2.24, 2.45) is 5.92 Å². The first-order valence-corrected chi connectivity index (χ1v) is 6.27. The highest BCUT2D eigenvalue weighted by atomic mass is 16.4. The Bertz CT molecular complexity index is 505. The SMILES string of the molecule is Cc1ccc(C2=CCC(C)CN2C(=O)O)cc1C. The van der Waals surface area contributed by atoms with Gasteiger partial charge in [0.05, 0.1) is 5.70 Å². The van der Waals surface area contributed by atoms with Gasteiger partial charge in [-0.05, 0) is 48.9 Å². The van der Waals surface area contributed by atoms with E-state index in [4.69, 9.17) is 0 Å². The highest BCUT2D eigenvalue weighted by molar-refractivity contribution is 5.81. The molecule has 2 rings (SSSR count). The number of carbonyl (C=O) groups is 1. The van der Waals surface area contributed by atoms with E-state index in [0.29, 0.717) is 12.5 Å². The van der Waals surface area contributed by atoms with Gasteiger partial charge in [0.2, 0.25) is 0 Å². The van der Waals surface area contributed by atoms with Crippen molar-refractivity contribution in [1.29, 1.82) is 0 Å². The Morgan fingerprint density at radius 2 is 2.06 bits per heavy atom. The smallest absolute Gasteiger partial charge is 0.411 e.